The second kappa shape index (κ2) is 5.21. The molecule has 1 aromatic carbocycles. The summed E-state index contributed by atoms with van der Waals surface area (Å²) >= 11 is 0. The van der Waals surface area contributed by atoms with Gasteiger partial charge in [-0.1, -0.05) is 13.0 Å². The maximum atomic E-state index is 12.5. The Kier molecular flexibility index (Phi) is 3.80. The number of hydrogen-bond acceptors (Lipinski definition) is 3. The lowest BCUT2D eigenvalue weighted by Crippen LogP contribution is -2.46. The summed E-state index contributed by atoms with van der Waals surface area (Å²) in [5, 5.41) is 9.89. The molecule has 1 saturated heterocycles. The molecular formula is C15H22N2O2. The normalized spacial score (nSPS) is 23.5. The number of nitrogens with two attached hydrogens (primary N) is 1. The molecule has 104 valence electrons. The molecule has 19 heavy (non-hydrogen) atoms. The molecule has 2 unspecified atom stereocenters. The molecule has 1 amide bonds. The number of likely N-dealkylation sites (tertiary alicyclic amines) is 1. The highest BCUT2D eigenvalue weighted by Gasteiger charge is 2.28. The van der Waals surface area contributed by atoms with Crippen LogP contribution < -0.4 is 5.73 Å². The van der Waals surface area contributed by atoms with Gasteiger partial charge in [0.15, 0.2) is 0 Å². The molecule has 0 radical (unpaired) electrons. The Morgan fingerprint density at radius 2 is 2.05 bits per heavy atom. The Morgan fingerprint density at radius 3 is 2.68 bits per heavy atom. The highest BCUT2D eigenvalue weighted by Crippen LogP contribution is 2.23. The van der Waals surface area contributed by atoms with Crippen LogP contribution >= 0.6 is 0 Å². The SMILES string of the molecule is Cc1cc(C)c(C(=O)N2CCC(C)C(O)C2)cc1N. The molecule has 2 rings (SSSR count). The van der Waals surface area contributed by atoms with E-state index < -0.39 is 6.10 Å². The second-order valence-corrected chi connectivity index (χ2v) is 5.61. The topological polar surface area (TPSA) is 66.6 Å². The van der Waals surface area contributed by atoms with Gasteiger partial charge in [0.25, 0.3) is 5.91 Å². The molecule has 0 spiro atoms. The van der Waals surface area contributed by atoms with Crippen LogP contribution in [0.2, 0.25) is 0 Å². The Morgan fingerprint density at radius 1 is 1.37 bits per heavy atom. The van der Waals surface area contributed by atoms with E-state index in [1.807, 2.05) is 26.8 Å². The highest BCUT2D eigenvalue weighted by molar-refractivity contribution is 5.96. The van der Waals surface area contributed by atoms with Gasteiger partial charge in [0, 0.05) is 24.3 Å². The van der Waals surface area contributed by atoms with E-state index in [4.69, 9.17) is 5.73 Å². The van der Waals surface area contributed by atoms with Crippen molar-refractivity contribution < 1.29 is 9.90 Å². The van der Waals surface area contributed by atoms with Gasteiger partial charge in [-0.2, -0.15) is 0 Å². The van der Waals surface area contributed by atoms with Gasteiger partial charge in [-0.3, -0.25) is 4.79 Å². The van der Waals surface area contributed by atoms with E-state index in [2.05, 4.69) is 0 Å². The summed E-state index contributed by atoms with van der Waals surface area (Å²) in [6.45, 7) is 6.98. The summed E-state index contributed by atoms with van der Waals surface area (Å²) < 4.78 is 0. The van der Waals surface area contributed by atoms with E-state index in [-0.39, 0.29) is 11.8 Å². The number of anilines is 1. The molecule has 4 nitrogen and oxygen atoms in total. The minimum Gasteiger partial charge on any atom is -0.398 e. The second-order valence-electron chi connectivity index (χ2n) is 5.61. The smallest absolute Gasteiger partial charge is 0.254 e. The summed E-state index contributed by atoms with van der Waals surface area (Å²) in [6.07, 6.45) is 0.411. The van der Waals surface area contributed by atoms with Crippen LogP contribution in [0.25, 0.3) is 0 Å². The molecule has 3 N–H and O–H groups in total. The number of amides is 1. The molecule has 1 heterocycles. The van der Waals surface area contributed by atoms with E-state index in [1.54, 1.807) is 11.0 Å². The number of nitrogen functional groups attached to an aromatic ring is 1. The van der Waals surface area contributed by atoms with Crippen LogP contribution in [-0.2, 0) is 0 Å². The molecule has 2 atom stereocenters. The highest BCUT2D eigenvalue weighted by atomic mass is 16.3. The fourth-order valence-corrected chi connectivity index (χ4v) is 2.50. The Hall–Kier alpha value is -1.55. The van der Waals surface area contributed by atoms with Gasteiger partial charge in [-0.05, 0) is 43.4 Å². The zero-order valence-electron chi connectivity index (χ0n) is 11.8. The average Bonchev–Trinajstić information content (AvgIpc) is 2.36. The van der Waals surface area contributed by atoms with Crippen LogP contribution in [0.5, 0.6) is 0 Å². The van der Waals surface area contributed by atoms with E-state index in [0.29, 0.717) is 24.3 Å². The summed E-state index contributed by atoms with van der Waals surface area (Å²) in [7, 11) is 0. The van der Waals surface area contributed by atoms with Crippen molar-refractivity contribution in [2.75, 3.05) is 18.8 Å². The van der Waals surface area contributed by atoms with Gasteiger partial charge < -0.3 is 15.7 Å². The zero-order valence-corrected chi connectivity index (χ0v) is 11.8. The number of carbonyl (C=O) groups excluding carboxylic acids is 1. The zero-order chi connectivity index (χ0) is 14.2. The quantitative estimate of drug-likeness (QED) is 0.757. The van der Waals surface area contributed by atoms with E-state index in [1.165, 1.54) is 0 Å². The minimum absolute atomic E-state index is 0.0323. The standard InChI is InChI=1S/C15H22N2O2/c1-9-4-5-17(8-14(9)18)15(19)12-7-13(16)11(3)6-10(12)2/h6-7,9,14,18H,4-5,8,16H2,1-3H3. The molecule has 0 bridgehead atoms. The Labute approximate surface area is 114 Å². The van der Waals surface area contributed by atoms with Gasteiger partial charge in [0.05, 0.1) is 6.10 Å². The number of piperidine rings is 1. The van der Waals surface area contributed by atoms with Crippen molar-refractivity contribution in [3.8, 4) is 0 Å². The summed E-state index contributed by atoms with van der Waals surface area (Å²) in [4.78, 5) is 14.2. The van der Waals surface area contributed by atoms with Crippen molar-refractivity contribution in [2.45, 2.75) is 33.3 Å². The van der Waals surface area contributed by atoms with Crippen molar-refractivity contribution in [1.29, 1.82) is 0 Å². The van der Waals surface area contributed by atoms with E-state index in [9.17, 15) is 9.90 Å². The van der Waals surface area contributed by atoms with Gasteiger partial charge in [-0.25, -0.2) is 0 Å². The maximum absolute atomic E-state index is 12.5. The first-order valence-corrected chi connectivity index (χ1v) is 6.74. The number of aliphatic hydroxyl groups excluding tert-OH is 1. The Balaban J connectivity index is 2.23. The van der Waals surface area contributed by atoms with Gasteiger partial charge >= 0.3 is 0 Å². The third kappa shape index (κ3) is 2.73. The molecule has 1 aliphatic rings. The van der Waals surface area contributed by atoms with Crippen LogP contribution in [0, 0.1) is 19.8 Å². The van der Waals surface area contributed by atoms with Crippen molar-refractivity contribution in [3.63, 3.8) is 0 Å². The average molecular weight is 262 g/mol. The monoisotopic (exact) mass is 262 g/mol. The van der Waals surface area contributed by atoms with Gasteiger partial charge in [-0.15, -0.1) is 0 Å². The van der Waals surface area contributed by atoms with Crippen molar-refractivity contribution in [2.24, 2.45) is 5.92 Å². The number of aliphatic hydroxyl groups is 1. The summed E-state index contributed by atoms with van der Waals surface area (Å²) in [6, 6.07) is 3.68. The fraction of sp³-hybridized carbons (Fsp3) is 0.533. The fourth-order valence-electron chi connectivity index (χ4n) is 2.50. The van der Waals surface area contributed by atoms with Gasteiger partial charge in [0.2, 0.25) is 0 Å². The number of benzene rings is 1. The number of hydrogen-bond donors (Lipinski definition) is 2. The van der Waals surface area contributed by atoms with Crippen LogP contribution in [0.3, 0.4) is 0 Å². The molecule has 1 fully saturated rings. The molecule has 1 aromatic rings. The minimum atomic E-state index is -0.430. The third-order valence-corrected chi connectivity index (χ3v) is 4.05. The van der Waals surface area contributed by atoms with Gasteiger partial charge in [0.1, 0.15) is 0 Å². The van der Waals surface area contributed by atoms with Crippen LogP contribution in [0.4, 0.5) is 5.69 Å². The number of rotatable bonds is 1. The number of nitrogens with zero attached hydrogens (tertiary/aromatic N) is 1. The lowest BCUT2D eigenvalue weighted by Gasteiger charge is -2.34. The predicted molar refractivity (Wildman–Crippen MR) is 76.0 cm³/mol. The summed E-state index contributed by atoms with van der Waals surface area (Å²) in [5.74, 6) is 0.225. The van der Waals surface area contributed by atoms with E-state index >= 15 is 0 Å². The first-order valence-electron chi connectivity index (χ1n) is 6.74. The maximum Gasteiger partial charge on any atom is 0.254 e. The largest absolute Gasteiger partial charge is 0.398 e. The number of β-amino-alcohol motifs (C(OH)–C–C–N with tert-alkyl or cyclic N) is 1. The Bertz CT molecular complexity index is 499. The lowest BCUT2D eigenvalue weighted by molar-refractivity contribution is 0.0248. The molecular weight excluding hydrogens is 240 g/mol. The van der Waals surface area contributed by atoms with Crippen molar-refractivity contribution in [1.82, 2.24) is 4.90 Å². The molecule has 1 aliphatic heterocycles. The number of aryl methyl sites for hydroxylation is 2. The third-order valence-electron chi connectivity index (χ3n) is 4.05. The molecule has 0 aromatic heterocycles. The first-order chi connectivity index (χ1) is 8.90. The molecule has 0 saturated carbocycles. The van der Waals surface area contributed by atoms with E-state index in [0.717, 1.165) is 17.5 Å². The summed E-state index contributed by atoms with van der Waals surface area (Å²) in [5.41, 5.74) is 9.09. The predicted octanol–water partition coefficient (Wildman–Crippen LogP) is 1.73. The molecule has 0 aliphatic carbocycles. The number of carbonyl (C=O) groups is 1. The van der Waals surface area contributed by atoms with Crippen molar-refractivity contribution >= 4 is 11.6 Å². The first kappa shape index (κ1) is 13.9. The van der Waals surface area contributed by atoms with Crippen LogP contribution in [-0.4, -0.2) is 35.1 Å². The lowest BCUT2D eigenvalue weighted by atomic mass is 9.95. The van der Waals surface area contributed by atoms with Crippen LogP contribution in [0.1, 0.15) is 34.8 Å². The molecule has 4 heteroatoms. The van der Waals surface area contributed by atoms with Crippen molar-refractivity contribution in [3.05, 3.63) is 28.8 Å². The van der Waals surface area contributed by atoms with Crippen LogP contribution in [0.15, 0.2) is 12.1 Å².